The van der Waals surface area contributed by atoms with Crippen molar-refractivity contribution in [1.29, 1.82) is 0 Å². The van der Waals surface area contributed by atoms with Gasteiger partial charge in [0.25, 0.3) is 11.8 Å². The average molecular weight is 881 g/mol. The molecule has 2 heterocycles. The van der Waals surface area contributed by atoms with Crippen molar-refractivity contribution < 1.29 is 29.4 Å². The zero-order valence-corrected chi connectivity index (χ0v) is 35.0. The van der Waals surface area contributed by atoms with Crippen molar-refractivity contribution >= 4 is 70.2 Å². The van der Waals surface area contributed by atoms with Crippen LogP contribution >= 0.6 is 46.4 Å². The topological polar surface area (TPSA) is 115 Å². The number of carboxylic acids is 2. The van der Waals surface area contributed by atoms with E-state index in [9.17, 15) is 29.4 Å². The summed E-state index contributed by atoms with van der Waals surface area (Å²) in [7, 11) is 0. The predicted molar refractivity (Wildman–Crippen MR) is 236 cm³/mol. The fraction of sp³-hybridized carbons (Fsp3) is 0.167. The van der Waals surface area contributed by atoms with Crippen molar-refractivity contribution in [2.75, 3.05) is 0 Å². The summed E-state index contributed by atoms with van der Waals surface area (Å²) in [6.07, 6.45) is 1.86. The van der Waals surface area contributed by atoms with Crippen molar-refractivity contribution in [3.63, 3.8) is 0 Å². The van der Waals surface area contributed by atoms with Crippen LogP contribution in [0.1, 0.15) is 69.6 Å². The number of hydrogen-bond acceptors (Lipinski definition) is 4. The Labute approximate surface area is 367 Å². The van der Waals surface area contributed by atoms with Crippen LogP contribution in [0.4, 0.5) is 0 Å². The minimum atomic E-state index is -1.01. The van der Waals surface area contributed by atoms with Gasteiger partial charge in [0.2, 0.25) is 0 Å². The number of carbonyl (C=O) groups excluding carboxylic acids is 2. The summed E-state index contributed by atoms with van der Waals surface area (Å²) < 4.78 is 0. The van der Waals surface area contributed by atoms with Crippen LogP contribution in [0, 0.1) is 0 Å². The van der Waals surface area contributed by atoms with Gasteiger partial charge in [-0.15, -0.1) is 0 Å². The van der Waals surface area contributed by atoms with E-state index in [0.29, 0.717) is 56.9 Å². The number of rotatable bonds is 8. The van der Waals surface area contributed by atoms with E-state index >= 15 is 0 Å². The minimum absolute atomic E-state index is 0.317. The lowest BCUT2D eigenvalue weighted by Crippen LogP contribution is -2.41. The van der Waals surface area contributed by atoms with E-state index in [1.54, 1.807) is 42.5 Å². The van der Waals surface area contributed by atoms with Crippen LogP contribution < -0.4 is 0 Å². The lowest BCUT2D eigenvalue weighted by molar-refractivity contribution is -0.142. The normalized spacial score (nSPS) is 18.4. The summed E-state index contributed by atoms with van der Waals surface area (Å²) in [5, 5.41) is 21.7. The van der Waals surface area contributed by atoms with Gasteiger partial charge in [-0.3, -0.25) is 9.59 Å². The molecule has 4 atom stereocenters. The third-order valence-electron chi connectivity index (χ3n) is 10.9. The molecule has 2 aliphatic rings. The highest BCUT2D eigenvalue weighted by Gasteiger charge is 2.44. The van der Waals surface area contributed by atoms with E-state index < -0.39 is 24.0 Å². The van der Waals surface area contributed by atoms with Gasteiger partial charge in [-0.1, -0.05) is 137 Å². The van der Waals surface area contributed by atoms with Gasteiger partial charge in [0.1, 0.15) is 12.1 Å². The average Bonchev–Trinajstić information content (AvgIpc) is 3.90. The Kier molecular flexibility index (Phi) is 13.3. The van der Waals surface area contributed by atoms with Crippen LogP contribution in [0.5, 0.6) is 0 Å². The number of hydrogen-bond donors (Lipinski definition) is 2. The molecule has 6 aromatic rings. The monoisotopic (exact) mass is 878 g/mol. The zero-order valence-electron chi connectivity index (χ0n) is 31.9. The summed E-state index contributed by atoms with van der Waals surface area (Å²) in [5.74, 6) is -2.66. The second-order valence-corrected chi connectivity index (χ2v) is 16.2. The molecule has 0 bridgehead atoms. The van der Waals surface area contributed by atoms with E-state index in [4.69, 9.17) is 46.4 Å². The number of carboxylic acid groups (broad SMARTS) is 2. The van der Waals surface area contributed by atoms with Gasteiger partial charge >= 0.3 is 11.9 Å². The molecule has 2 saturated heterocycles. The summed E-state index contributed by atoms with van der Waals surface area (Å²) in [6.45, 7) is 0. The number of nitrogens with zero attached hydrogens (tertiary/aromatic N) is 2. The molecule has 304 valence electrons. The van der Waals surface area contributed by atoms with Gasteiger partial charge in [0.15, 0.2) is 0 Å². The summed E-state index contributed by atoms with van der Waals surface area (Å²) in [6, 6.07) is 41.1. The summed E-state index contributed by atoms with van der Waals surface area (Å²) in [5.41, 5.74) is 6.03. The molecule has 8 rings (SSSR count). The highest BCUT2D eigenvalue weighted by atomic mass is 35.5. The molecular weight excluding hydrogens is 842 g/mol. The molecule has 0 radical (unpaired) electrons. The molecule has 60 heavy (non-hydrogen) atoms. The number of benzene rings is 6. The Bertz CT molecular complexity index is 2550. The van der Waals surface area contributed by atoms with E-state index in [2.05, 4.69) is 0 Å². The van der Waals surface area contributed by atoms with Gasteiger partial charge in [-0.05, 0) is 108 Å². The van der Waals surface area contributed by atoms with Gasteiger partial charge in [0, 0.05) is 36.8 Å². The van der Waals surface area contributed by atoms with Gasteiger partial charge in [0.05, 0.1) is 12.1 Å². The minimum Gasteiger partial charge on any atom is -0.480 e. The zero-order chi connectivity index (χ0) is 42.5. The smallest absolute Gasteiger partial charge is 0.326 e. The van der Waals surface area contributed by atoms with Crippen molar-refractivity contribution in [2.24, 2.45) is 0 Å². The third kappa shape index (κ3) is 9.08. The Morgan fingerprint density at radius 1 is 0.450 bits per heavy atom. The largest absolute Gasteiger partial charge is 0.480 e. The van der Waals surface area contributed by atoms with Crippen LogP contribution in [0.2, 0.25) is 20.1 Å². The highest BCUT2D eigenvalue weighted by Crippen LogP contribution is 2.42. The maximum Gasteiger partial charge on any atom is 0.326 e. The van der Waals surface area contributed by atoms with Gasteiger partial charge in [-0.25, -0.2) is 9.59 Å². The first-order chi connectivity index (χ1) is 28.9. The summed E-state index contributed by atoms with van der Waals surface area (Å²) in [4.78, 5) is 53.3. The third-order valence-corrected chi connectivity index (χ3v) is 12.2. The van der Waals surface area contributed by atoms with Crippen LogP contribution in [0.15, 0.2) is 146 Å². The molecule has 0 aromatic heterocycles. The molecule has 0 unspecified atom stereocenters. The van der Waals surface area contributed by atoms with Crippen molar-refractivity contribution in [3.05, 3.63) is 188 Å². The Morgan fingerprint density at radius 2 is 0.883 bits per heavy atom. The molecule has 2 aliphatic heterocycles. The van der Waals surface area contributed by atoms with Crippen molar-refractivity contribution in [2.45, 2.75) is 49.9 Å². The fourth-order valence-electron chi connectivity index (χ4n) is 8.03. The van der Waals surface area contributed by atoms with Crippen LogP contribution in [-0.4, -0.2) is 55.8 Å². The molecule has 12 heteroatoms. The van der Waals surface area contributed by atoms with Gasteiger partial charge < -0.3 is 20.0 Å². The molecule has 2 N–H and O–H groups in total. The molecule has 0 saturated carbocycles. The molecule has 0 spiro atoms. The molecule has 2 amide bonds. The van der Waals surface area contributed by atoms with Crippen molar-refractivity contribution in [3.8, 4) is 22.3 Å². The molecule has 0 aliphatic carbocycles. The first-order valence-electron chi connectivity index (χ1n) is 19.2. The predicted octanol–water partition coefficient (Wildman–Crippen LogP) is 12.2. The maximum atomic E-state index is 13.4. The maximum absolute atomic E-state index is 13.4. The second-order valence-electron chi connectivity index (χ2n) is 14.5. The van der Waals surface area contributed by atoms with Crippen LogP contribution in [0.25, 0.3) is 22.3 Å². The quantitative estimate of drug-likeness (QED) is 0.157. The number of amides is 2. The standard InChI is InChI=1S/2C24H19Cl2NO3/c25-19-7-3-1-5-17(19)15-9-11-16(12-10-15)23(28)27-21(13-14-22(27)24(29)30)18-6-2-4-8-20(18)26;25-18-5-3-4-17(14-18)15-8-10-16(11-9-15)23(28)27-21(12-13-22(27)24(29)30)19-6-1-2-7-20(19)26/h1-12,21-22H,13-14H2,(H,29,30);1-11,14,21-22H,12-13H2,(H,29,30)/t2*21-,22+/m11/s1. The first kappa shape index (κ1) is 42.5. The number of carbonyl (C=O) groups is 4. The lowest BCUT2D eigenvalue weighted by Gasteiger charge is -2.29. The van der Waals surface area contributed by atoms with Crippen LogP contribution in [-0.2, 0) is 9.59 Å². The van der Waals surface area contributed by atoms with Gasteiger partial charge in [-0.2, -0.15) is 0 Å². The Balaban J connectivity index is 0.000000181. The van der Waals surface area contributed by atoms with E-state index in [1.165, 1.54) is 9.80 Å². The Hall–Kier alpha value is -5.64. The van der Waals surface area contributed by atoms with E-state index in [1.807, 2.05) is 103 Å². The SMILES string of the molecule is O=C(O)[C@@H]1CC[C@H](c2ccccc2Cl)N1C(=O)c1ccc(-c2cccc(Cl)c2)cc1.O=C(O)[C@@H]1CC[C@H](c2ccccc2Cl)N1C(=O)c1ccc(-c2ccccc2Cl)cc1. The number of halogens is 4. The lowest BCUT2D eigenvalue weighted by atomic mass is 10.0. The molecule has 8 nitrogen and oxygen atoms in total. The fourth-order valence-corrected chi connectivity index (χ4v) is 8.99. The molecule has 6 aromatic carbocycles. The van der Waals surface area contributed by atoms with Crippen LogP contribution in [0.3, 0.4) is 0 Å². The second kappa shape index (κ2) is 18.7. The highest BCUT2D eigenvalue weighted by molar-refractivity contribution is 6.33. The number of likely N-dealkylation sites (tertiary alicyclic amines) is 2. The molecule has 2 fully saturated rings. The molecular formula is C48H38Cl4N2O6. The van der Waals surface area contributed by atoms with Crippen molar-refractivity contribution in [1.82, 2.24) is 9.80 Å². The Morgan fingerprint density at radius 3 is 1.32 bits per heavy atom. The summed E-state index contributed by atoms with van der Waals surface area (Å²) >= 11 is 25.0. The van der Waals surface area contributed by atoms with E-state index in [-0.39, 0.29) is 23.9 Å². The number of aliphatic carboxylic acids is 2. The van der Waals surface area contributed by atoms with E-state index in [0.717, 1.165) is 33.4 Å². The first-order valence-corrected chi connectivity index (χ1v) is 20.7.